The van der Waals surface area contributed by atoms with Crippen LogP contribution in [0.3, 0.4) is 0 Å². The van der Waals surface area contributed by atoms with Crippen molar-refractivity contribution in [3.8, 4) is 0 Å². The van der Waals surface area contributed by atoms with E-state index < -0.39 is 10.0 Å². The Hall–Kier alpha value is -0.130. The second-order valence-electron chi connectivity index (χ2n) is 6.20. The molecule has 0 saturated heterocycles. The van der Waals surface area contributed by atoms with Gasteiger partial charge in [0.15, 0.2) is 0 Å². The molecule has 4 aliphatic carbocycles. The standard InChI is InChI=1S/C11H20N2O2S/c1-16(14,15)13-11-4-7-2-8(5-11)10(12)9(3-7)6-11/h7-10,13H,2-6,12H2,1H3/t7?,8?,9?,10-,11-. The van der Waals surface area contributed by atoms with Crippen LogP contribution < -0.4 is 10.5 Å². The number of sulfonamides is 1. The molecule has 4 nitrogen and oxygen atoms in total. The van der Waals surface area contributed by atoms with Crippen molar-refractivity contribution in [3.63, 3.8) is 0 Å². The zero-order valence-electron chi connectivity index (χ0n) is 9.65. The van der Waals surface area contributed by atoms with Gasteiger partial charge in [-0.05, 0) is 49.9 Å². The zero-order valence-corrected chi connectivity index (χ0v) is 10.5. The fraction of sp³-hybridized carbons (Fsp3) is 1.00. The molecule has 92 valence electrons. The maximum atomic E-state index is 11.5. The molecule has 2 atom stereocenters. The van der Waals surface area contributed by atoms with E-state index in [9.17, 15) is 8.42 Å². The predicted molar refractivity (Wildman–Crippen MR) is 62.2 cm³/mol. The fourth-order valence-electron chi connectivity index (χ4n) is 4.58. The molecule has 0 radical (unpaired) electrons. The highest BCUT2D eigenvalue weighted by Crippen LogP contribution is 2.55. The van der Waals surface area contributed by atoms with Gasteiger partial charge in [-0.2, -0.15) is 0 Å². The van der Waals surface area contributed by atoms with Gasteiger partial charge in [0.1, 0.15) is 0 Å². The summed E-state index contributed by atoms with van der Waals surface area (Å²) in [6, 6.07) is 0.311. The molecular weight excluding hydrogens is 224 g/mol. The van der Waals surface area contributed by atoms with Crippen LogP contribution in [0.15, 0.2) is 0 Å². The van der Waals surface area contributed by atoms with Crippen LogP contribution in [0, 0.1) is 17.8 Å². The first-order chi connectivity index (χ1) is 7.37. The third-order valence-electron chi connectivity index (χ3n) is 4.75. The Kier molecular flexibility index (Phi) is 2.20. The molecule has 4 saturated carbocycles. The van der Waals surface area contributed by atoms with Gasteiger partial charge in [0.25, 0.3) is 0 Å². The minimum Gasteiger partial charge on any atom is -0.327 e. The molecule has 16 heavy (non-hydrogen) atoms. The Bertz CT molecular complexity index is 390. The van der Waals surface area contributed by atoms with E-state index in [1.807, 2.05) is 0 Å². The molecule has 0 aromatic heterocycles. The van der Waals surface area contributed by atoms with Crippen molar-refractivity contribution in [1.29, 1.82) is 0 Å². The van der Waals surface area contributed by atoms with E-state index in [4.69, 9.17) is 5.73 Å². The zero-order chi connectivity index (χ0) is 11.6. The molecule has 4 bridgehead atoms. The highest BCUT2D eigenvalue weighted by atomic mass is 32.2. The lowest BCUT2D eigenvalue weighted by molar-refractivity contribution is -0.0249. The van der Waals surface area contributed by atoms with E-state index in [2.05, 4.69) is 4.72 Å². The van der Waals surface area contributed by atoms with Gasteiger partial charge in [-0.1, -0.05) is 0 Å². The summed E-state index contributed by atoms with van der Waals surface area (Å²) >= 11 is 0. The van der Waals surface area contributed by atoms with Crippen molar-refractivity contribution in [1.82, 2.24) is 4.72 Å². The van der Waals surface area contributed by atoms with Crippen molar-refractivity contribution in [2.75, 3.05) is 6.26 Å². The van der Waals surface area contributed by atoms with Crippen LogP contribution in [-0.2, 0) is 10.0 Å². The van der Waals surface area contributed by atoms with Crippen LogP contribution in [0.5, 0.6) is 0 Å². The first-order valence-corrected chi connectivity index (χ1v) is 8.01. The van der Waals surface area contributed by atoms with E-state index >= 15 is 0 Å². The van der Waals surface area contributed by atoms with Crippen LogP contribution in [0.25, 0.3) is 0 Å². The molecule has 2 unspecified atom stereocenters. The van der Waals surface area contributed by atoms with E-state index in [0.717, 1.165) is 19.3 Å². The monoisotopic (exact) mass is 244 g/mol. The number of hydrogen-bond acceptors (Lipinski definition) is 3. The summed E-state index contributed by atoms with van der Waals surface area (Å²) in [7, 11) is -3.09. The molecule has 0 spiro atoms. The average Bonchev–Trinajstić information content (AvgIpc) is 2.08. The lowest BCUT2D eigenvalue weighted by Gasteiger charge is -2.59. The lowest BCUT2D eigenvalue weighted by atomic mass is 9.51. The molecule has 0 heterocycles. The van der Waals surface area contributed by atoms with E-state index in [0.29, 0.717) is 23.8 Å². The lowest BCUT2D eigenvalue weighted by Crippen LogP contribution is -2.65. The van der Waals surface area contributed by atoms with Gasteiger partial charge in [-0.3, -0.25) is 0 Å². The summed E-state index contributed by atoms with van der Waals surface area (Å²) in [5, 5.41) is 0. The van der Waals surface area contributed by atoms with Gasteiger partial charge in [-0.25, -0.2) is 13.1 Å². The molecule has 5 heteroatoms. The summed E-state index contributed by atoms with van der Waals surface area (Å²) in [4.78, 5) is 0. The van der Waals surface area contributed by atoms with Gasteiger partial charge < -0.3 is 5.73 Å². The Labute approximate surface area is 97.0 Å². The van der Waals surface area contributed by atoms with Gasteiger partial charge >= 0.3 is 0 Å². The van der Waals surface area contributed by atoms with Crippen LogP contribution in [-0.4, -0.2) is 26.3 Å². The molecule has 4 aliphatic rings. The fourth-order valence-corrected chi connectivity index (χ4v) is 5.62. The Morgan fingerprint density at radius 2 is 1.75 bits per heavy atom. The molecule has 0 amide bonds. The minimum absolute atomic E-state index is 0.153. The number of hydrogen-bond donors (Lipinski definition) is 2. The third-order valence-corrected chi connectivity index (χ3v) is 5.55. The minimum atomic E-state index is -3.09. The summed E-state index contributed by atoms with van der Waals surface area (Å²) in [5.41, 5.74) is 6.06. The average molecular weight is 244 g/mol. The summed E-state index contributed by atoms with van der Waals surface area (Å²) in [6.45, 7) is 0. The quantitative estimate of drug-likeness (QED) is 0.740. The van der Waals surface area contributed by atoms with E-state index in [-0.39, 0.29) is 5.54 Å². The van der Waals surface area contributed by atoms with Crippen LogP contribution in [0.1, 0.15) is 32.1 Å². The van der Waals surface area contributed by atoms with Gasteiger partial charge in [0.05, 0.1) is 6.26 Å². The van der Waals surface area contributed by atoms with Crippen molar-refractivity contribution < 1.29 is 8.42 Å². The molecule has 0 aliphatic heterocycles. The topological polar surface area (TPSA) is 72.2 Å². The van der Waals surface area contributed by atoms with Gasteiger partial charge in [0.2, 0.25) is 10.0 Å². The molecule has 3 N–H and O–H groups in total. The Morgan fingerprint density at radius 1 is 1.19 bits per heavy atom. The maximum Gasteiger partial charge on any atom is 0.209 e. The van der Waals surface area contributed by atoms with E-state index in [1.165, 1.54) is 19.1 Å². The Balaban J connectivity index is 1.88. The van der Waals surface area contributed by atoms with Crippen molar-refractivity contribution in [3.05, 3.63) is 0 Å². The third kappa shape index (κ3) is 1.69. The largest absolute Gasteiger partial charge is 0.327 e. The second kappa shape index (κ2) is 3.21. The molecule has 4 fully saturated rings. The normalized spacial score (nSPS) is 50.9. The molecular formula is C11H20N2O2S. The van der Waals surface area contributed by atoms with Crippen molar-refractivity contribution >= 4 is 10.0 Å². The molecule has 0 aromatic carbocycles. The van der Waals surface area contributed by atoms with Crippen molar-refractivity contribution in [2.45, 2.75) is 43.7 Å². The first kappa shape index (κ1) is 11.0. The van der Waals surface area contributed by atoms with Gasteiger partial charge in [-0.15, -0.1) is 0 Å². The molecule has 0 aromatic rings. The van der Waals surface area contributed by atoms with Crippen LogP contribution in [0.4, 0.5) is 0 Å². The molecule has 4 rings (SSSR count). The smallest absolute Gasteiger partial charge is 0.209 e. The maximum absolute atomic E-state index is 11.5. The Morgan fingerprint density at radius 3 is 2.25 bits per heavy atom. The SMILES string of the molecule is CS(=O)(=O)N[C@]12CC3CC(C1)[C@@H](N)C(C3)C2. The predicted octanol–water partition coefficient (Wildman–Crippen LogP) is 0.442. The van der Waals surface area contributed by atoms with Crippen LogP contribution in [0.2, 0.25) is 0 Å². The van der Waals surface area contributed by atoms with Crippen molar-refractivity contribution in [2.24, 2.45) is 23.5 Å². The highest BCUT2D eigenvalue weighted by Gasteiger charge is 2.55. The summed E-state index contributed by atoms with van der Waals surface area (Å²) in [6.07, 6.45) is 6.63. The number of nitrogens with two attached hydrogens (primary N) is 1. The van der Waals surface area contributed by atoms with Gasteiger partial charge in [0, 0.05) is 11.6 Å². The number of nitrogens with one attached hydrogen (secondary N) is 1. The highest BCUT2D eigenvalue weighted by molar-refractivity contribution is 7.88. The second-order valence-corrected chi connectivity index (χ2v) is 7.95. The first-order valence-electron chi connectivity index (χ1n) is 6.11. The summed E-state index contributed by atoms with van der Waals surface area (Å²) in [5.74, 6) is 1.78. The van der Waals surface area contributed by atoms with E-state index in [1.54, 1.807) is 0 Å². The van der Waals surface area contributed by atoms with Crippen LogP contribution >= 0.6 is 0 Å². The number of rotatable bonds is 2. The summed E-state index contributed by atoms with van der Waals surface area (Å²) < 4.78 is 25.8.